The number of likely N-dealkylation sites (N-methyl/N-ethyl adjacent to an activating group) is 2. The second kappa shape index (κ2) is 35.9. The Morgan fingerprint density at radius 3 is 0.993 bits per heavy atom. The summed E-state index contributed by atoms with van der Waals surface area (Å²) in [7, 11) is 4.29. The summed E-state index contributed by atoms with van der Waals surface area (Å²) < 4.78 is 11.4. The van der Waals surface area contributed by atoms with Crippen LogP contribution in [-0.4, -0.2) is 306 Å². The van der Waals surface area contributed by atoms with Gasteiger partial charge in [-0.05, 0) is 198 Å². The number of aliphatic hydroxyl groups excluding tert-OH is 6. The summed E-state index contributed by atoms with van der Waals surface area (Å²) in [6.45, 7) is 34.8. The van der Waals surface area contributed by atoms with Crippen molar-refractivity contribution < 1.29 is 30.6 Å². The number of dihydropyridines is 3. The zero-order valence-corrected chi connectivity index (χ0v) is 79.1. The molecular formula is C96H118N34O6. The average Bonchev–Trinajstić information content (AvgIpc) is 1.62. The van der Waals surface area contributed by atoms with Gasteiger partial charge >= 0.3 is 0 Å². The van der Waals surface area contributed by atoms with Crippen LogP contribution in [0.25, 0.3) is 33.1 Å². The van der Waals surface area contributed by atoms with E-state index >= 15 is 0 Å². The fraction of sp³-hybridized carbons (Fsp3) is 0.406. The van der Waals surface area contributed by atoms with Crippen molar-refractivity contribution in [1.29, 1.82) is 16.2 Å². The number of nitrogens with zero attached hydrogens (tertiary/aromatic N) is 26. The van der Waals surface area contributed by atoms with Gasteiger partial charge in [-0.3, -0.25) is 16.2 Å². The summed E-state index contributed by atoms with van der Waals surface area (Å²) >= 11 is 0. The Kier molecular flexibility index (Phi) is 24.0. The maximum Gasteiger partial charge on any atom is 0.178 e. The van der Waals surface area contributed by atoms with Crippen molar-refractivity contribution in [2.45, 2.75) is 139 Å². The van der Waals surface area contributed by atoms with Crippen molar-refractivity contribution in [2.75, 3.05) is 159 Å². The number of nitrogens with one attached hydrogen (secondary N) is 5. The molecule has 0 bridgehead atoms. The number of aromatic nitrogens is 12. The van der Waals surface area contributed by atoms with E-state index in [0.717, 1.165) is 182 Å². The Morgan fingerprint density at radius 1 is 0.331 bits per heavy atom. The van der Waals surface area contributed by atoms with Crippen LogP contribution in [0.2, 0.25) is 0 Å². The number of hydrogen-bond donors (Lipinski definition) is 14. The van der Waals surface area contributed by atoms with Gasteiger partial charge in [-0.1, -0.05) is 36.4 Å². The molecule has 0 spiro atoms. The first-order valence-corrected chi connectivity index (χ1v) is 46.2. The highest BCUT2D eigenvalue weighted by molar-refractivity contribution is 6.53. The SMILES string of the molecule is Cc1ccc2c(CC3=NC(=Nc4c(N5CCC(O)C5)nn5c(C)c(C)ccc45)C(N)=CC3=N)c(N3CCC(O)C3)nn2c1C.Cc1ccc2c(N=C3N=C(Nc4c(N5CC(O)C(O)C5)nn5c(C)c(C)ccc45)C(=N)C=C3N)c(N3CC(O)C(O)C3)nn2c1C.Cc1ccc2c(N=C3N=C(Nc4c(N5CCN(C)CC5)nn5c(C)c(C)ccc45)C(=N)C=C3N)c(N3CCN(C)CC3)nn2c1C. The summed E-state index contributed by atoms with van der Waals surface area (Å²) in [5.74, 6) is 5.51. The molecule has 0 amide bonds. The Bertz CT molecular complexity index is 7210. The molecule has 708 valence electrons. The van der Waals surface area contributed by atoms with Gasteiger partial charge in [0.05, 0.1) is 110 Å². The first-order chi connectivity index (χ1) is 65.1. The van der Waals surface area contributed by atoms with Crippen molar-refractivity contribution in [3.63, 3.8) is 0 Å². The van der Waals surface area contributed by atoms with E-state index in [1.54, 1.807) is 31.0 Å². The first-order valence-electron chi connectivity index (χ1n) is 46.2. The van der Waals surface area contributed by atoms with Crippen LogP contribution < -0.4 is 57.2 Å². The van der Waals surface area contributed by atoms with Crippen molar-refractivity contribution in [3.8, 4) is 0 Å². The van der Waals surface area contributed by atoms with Gasteiger partial charge in [0.2, 0.25) is 0 Å². The van der Waals surface area contributed by atoms with Crippen molar-refractivity contribution >= 4 is 148 Å². The van der Waals surface area contributed by atoms with E-state index in [1.807, 2.05) is 96.9 Å². The fourth-order valence-electron chi connectivity index (χ4n) is 18.7. The number of nitrogens with two attached hydrogens (primary N) is 3. The third-order valence-electron chi connectivity index (χ3n) is 28.0. The summed E-state index contributed by atoms with van der Waals surface area (Å²) in [6, 6.07) is 24.3. The molecule has 0 aromatic carbocycles. The number of anilines is 8. The number of piperazine rings is 2. The lowest BCUT2D eigenvalue weighted by Crippen LogP contribution is -2.45. The third-order valence-corrected chi connectivity index (χ3v) is 28.0. The molecule has 6 atom stereocenters. The molecule has 6 fully saturated rings. The van der Waals surface area contributed by atoms with Crippen LogP contribution in [0.4, 0.5) is 63.3 Å². The largest absolute Gasteiger partial charge is 0.396 e. The molecule has 12 aromatic heterocycles. The second-order valence-corrected chi connectivity index (χ2v) is 37.3. The maximum absolute atomic E-state index is 10.3. The number of amidine groups is 5. The monoisotopic (exact) mass is 1840 g/mol. The van der Waals surface area contributed by atoms with Gasteiger partial charge in [0.25, 0.3) is 0 Å². The molecule has 40 nitrogen and oxygen atoms in total. The van der Waals surface area contributed by atoms with Crippen molar-refractivity contribution in [3.05, 3.63) is 181 Å². The van der Waals surface area contributed by atoms with Crippen LogP contribution in [-0.2, 0) is 6.42 Å². The van der Waals surface area contributed by atoms with Gasteiger partial charge in [0.1, 0.15) is 28.4 Å². The number of aliphatic imine (C=N–C) groups is 6. The predicted molar refractivity (Wildman–Crippen MR) is 536 cm³/mol. The molecule has 21 rings (SSSR count). The van der Waals surface area contributed by atoms with Gasteiger partial charge in [-0.15, -0.1) is 30.6 Å². The number of pyridine rings is 6. The van der Waals surface area contributed by atoms with E-state index in [-0.39, 0.29) is 60.7 Å². The van der Waals surface area contributed by atoms with Crippen LogP contribution in [0, 0.1) is 99.3 Å². The normalized spacial score (nSPS) is 21.9. The second-order valence-electron chi connectivity index (χ2n) is 37.3. The van der Waals surface area contributed by atoms with E-state index in [1.165, 1.54) is 6.08 Å². The number of aryl methyl sites for hydroxylation is 12. The minimum Gasteiger partial charge on any atom is -0.396 e. The smallest absolute Gasteiger partial charge is 0.178 e. The van der Waals surface area contributed by atoms with Gasteiger partial charge in [-0.25, -0.2) is 57.0 Å². The Morgan fingerprint density at radius 2 is 0.618 bits per heavy atom. The topological polar surface area (TPSA) is 499 Å². The predicted octanol–water partition coefficient (Wildman–Crippen LogP) is 6.80. The lowest BCUT2D eigenvalue weighted by atomic mass is 10.0. The molecule has 17 N–H and O–H groups in total. The van der Waals surface area contributed by atoms with Crippen LogP contribution in [0.5, 0.6) is 0 Å². The van der Waals surface area contributed by atoms with E-state index in [2.05, 4.69) is 131 Å². The standard InChI is InChI=1S/C33H43N13.C32H38N10O2.C31H37N11O4/c1-20-7-9-26-28(32(39-45(26)22(20)3)43-15-11-41(5)12-16-43)36-30-24(34)19-25(35)31(38-30)37-29-27-10-8-21(2)23(4)46(27)40-33(29)44-17-13-42(6)14-18-44;1-17-5-7-27-23(31(37-41(27)19(17)3)39-11-9-21(43)15-39)13-26-24(33)14-25(34)30(35-26)36-29-28-8-6-18(2)20(4)42(28)38-32(29)40-12-10-22(44)16-40;1-14-5-7-20-26(30(37-41(20)16(14)3)39-10-22(43)23(44)11-39)34-28-18(32)9-19(33)29(36-28)35-27-21-8-6-15(2)17(4)42(21)38-31(27)40-12-24(45)25(46)13-40/h7-10,19,34H,11-18,35H2,1-6H3,(H,36,37,38);5-8,14,21-22,33,43-44H,9-13,15-16,34H2,1-4H3;5-9,22-25,32,43-46H,10-13,33H2,1-4H3,(H,34,35,36). The molecule has 9 aliphatic heterocycles. The zero-order chi connectivity index (χ0) is 95.7. The van der Waals surface area contributed by atoms with Gasteiger partial charge < -0.3 is 97.7 Å². The zero-order valence-electron chi connectivity index (χ0n) is 79.1. The molecule has 40 heteroatoms. The highest BCUT2D eigenvalue weighted by Crippen LogP contribution is 2.43. The summed E-state index contributed by atoms with van der Waals surface area (Å²) in [6.07, 6.45) is 1.92. The fourth-order valence-corrected chi connectivity index (χ4v) is 18.7. The molecule has 0 radical (unpaired) electrons. The lowest BCUT2D eigenvalue weighted by molar-refractivity contribution is 0.0572. The summed E-state index contributed by atoms with van der Waals surface area (Å²) in [4.78, 5) is 46.5. The quantitative estimate of drug-likeness (QED) is 0.0564. The molecule has 0 aliphatic carbocycles. The summed E-state index contributed by atoms with van der Waals surface area (Å²) in [5, 5.41) is 125. The number of aliphatic hydroxyl groups is 6. The van der Waals surface area contributed by atoms with E-state index in [9.17, 15) is 30.6 Å². The molecule has 9 aliphatic rings. The van der Waals surface area contributed by atoms with E-state index < -0.39 is 36.6 Å². The van der Waals surface area contributed by atoms with E-state index in [0.29, 0.717) is 120 Å². The van der Waals surface area contributed by atoms with Gasteiger partial charge in [0.15, 0.2) is 64.1 Å². The van der Waals surface area contributed by atoms with Crippen LogP contribution in [0.15, 0.2) is 138 Å². The maximum atomic E-state index is 10.3. The van der Waals surface area contributed by atoms with Crippen molar-refractivity contribution in [2.24, 2.45) is 47.2 Å². The minimum atomic E-state index is -0.924. The van der Waals surface area contributed by atoms with Crippen LogP contribution in [0.3, 0.4) is 0 Å². The van der Waals surface area contributed by atoms with Gasteiger partial charge in [-0.2, -0.15) is 0 Å². The first kappa shape index (κ1) is 91.0. The lowest BCUT2D eigenvalue weighted by Gasteiger charge is -2.33. The average molecular weight is 1840 g/mol. The van der Waals surface area contributed by atoms with Crippen LogP contribution in [0.1, 0.15) is 85.9 Å². The highest BCUT2D eigenvalue weighted by Gasteiger charge is 2.39. The Hall–Kier alpha value is -14.1. The minimum absolute atomic E-state index is 0.0319. The highest BCUT2D eigenvalue weighted by atomic mass is 16.3. The summed E-state index contributed by atoms with van der Waals surface area (Å²) in [5.41, 5.74) is 43.1. The molecule has 136 heavy (non-hydrogen) atoms. The number of β-amino-alcohol motifs (C(OH)–C–C–N with tert-alkyl or cyclic N) is 6. The molecule has 6 unspecified atom stereocenters. The molecule has 0 saturated carbocycles. The molecule has 12 aromatic rings. The van der Waals surface area contributed by atoms with Gasteiger partial charge in [0, 0.05) is 151 Å². The third kappa shape index (κ3) is 16.8. The molecular weight excluding hydrogens is 1730 g/mol. The Balaban J connectivity index is 0.000000131. The molecule has 21 heterocycles. The van der Waals surface area contributed by atoms with Crippen LogP contribution >= 0.6 is 0 Å². The number of hydrogen-bond acceptors (Lipinski definition) is 31. The van der Waals surface area contributed by atoms with E-state index in [4.69, 9.17) is 94.0 Å². The number of allylic oxidation sites excluding steroid dienone is 1. The van der Waals surface area contributed by atoms with Crippen molar-refractivity contribution in [1.82, 2.24) is 67.5 Å². The number of rotatable bonds is 13. The Labute approximate surface area is 785 Å². The molecule has 6 saturated heterocycles. The number of fused-ring (bicyclic) bond motifs is 6.